The number of amides is 2. The molecule has 0 radical (unpaired) electrons. The largest absolute Gasteiger partial charge is 0.331 e. The number of benzene rings is 1. The zero-order valence-electron chi connectivity index (χ0n) is 13.7. The number of likely N-dealkylation sites (tertiary alicyclic amines) is 1. The van der Waals surface area contributed by atoms with Gasteiger partial charge >= 0.3 is 0 Å². The molecule has 1 aliphatic heterocycles. The molecule has 1 aromatic heterocycles. The first-order valence-electron chi connectivity index (χ1n) is 7.88. The summed E-state index contributed by atoms with van der Waals surface area (Å²) in [7, 11) is 1.95. The predicted octanol–water partition coefficient (Wildman–Crippen LogP) is 2.52. The number of aryl methyl sites for hydroxylation is 1. The van der Waals surface area contributed by atoms with Crippen LogP contribution in [0.25, 0.3) is 0 Å². The molecule has 7 heteroatoms. The summed E-state index contributed by atoms with van der Waals surface area (Å²) >= 11 is 1.56. The summed E-state index contributed by atoms with van der Waals surface area (Å²) in [5, 5.41) is 3.82. The summed E-state index contributed by atoms with van der Waals surface area (Å²) in [6.07, 6.45) is 5.26. The van der Waals surface area contributed by atoms with Crippen molar-refractivity contribution in [2.24, 2.45) is 7.05 Å². The van der Waals surface area contributed by atoms with Gasteiger partial charge in [0.15, 0.2) is 5.16 Å². The molecule has 1 aliphatic rings. The Balaban J connectivity index is 1.63. The number of hydrogen-bond acceptors (Lipinski definition) is 4. The lowest BCUT2D eigenvalue weighted by Crippen LogP contribution is -2.42. The highest BCUT2D eigenvalue weighted by molar-refractivity contribution is 7.99. The van der Waals surface area contributed by atoms with E-state index in [1.807, 2.05) is 42.1 Å². The molecule has 0 unspecified atom stereocenters. The first-order valence-corrected chi connectivity index (χ1v) is 8.69. The van der Waals surface area contributed by atoms with Crippen molar-refractivity contribution < 1.29 is 9.59 Å². The molecule has 3 rings (SSSR count). The number of carbonyl (C=O) groups is 2. The predicted molar refractivity (Wildman–Crippen MR) is 92.8 cm³/mol. The van der Waals surface area contributed by atoms with Crippen molar-refractivity contribution >= 4 is 29.3 Å². The molecule has 0 spiro atoms. The molecular weight excluding hydrogens is 324 g/mol. The van der Waals surface area contributed by atoms with Gasteiger partial charge in [-0.1, -0.05) is 11.8 Å². The summed E-state index contributed by atoms with van der Waals surface area (Å²) in [4.78, 5) is 30.9. The van der Waals surface area contributed by atoms with Crippen LogP contribution in [0.4, 0.5) is 5.69 Å². The summed E-state index contributed by atoms with van der Waals surface area (Å²) in [5.41, 5.74) is 0.736. The van der Waals surface area contributed by atoms with E-state index in [4.69, 9.17) is 0 Å². The monoisotopic (exact) mass is 344 g/mol. The SMILES string of the molecule is CC(=O)N1CCC[C@H]1C(=O)Nc1ccc(Sc2nccn2C)cc1. The van der Waals surface area contributed by atoms with Crippen molar-refractivity contribution in [3.8, 4) is 0 Å². The third-order valence-corrected chi connectivity index (χ3v) is 5.15. The van der Waals surface area contributed by atoms with Crippen LogP contribution in [-0.4, -0.2) is 38.9 Å². The van der Waals surface area contributed by atoms with Crippen LogP contribution in [0.15, 0.2) is 46.7 Å². The Morgan fingerprint density at radius 3 is 2.67 bits per heavy atom. The molecule has 1 N–H and O–H groups in total. The Bertz CT molecular complexity index is 741. The number of imidazole rings is 1. The van der Waals surface area contributed by atoms with Crippen LogP contribution in [0.3, 0.4) is 0 Å². The summed E-state index contributed by atoms with van der Waals surface area (Å²) in [6.45, 7) is 2.17. The van der Waals surface area contributed by atoms with E-state index in [9.17, 15) is 9.59 Å². The highest BCUT2D eigenvalue weighted by Gasteiger charge is 2.32. The first kappa shape index (κ1) is 16.6. The molecule has 6 nitrogen and oxygen atoms in total. The Morgan fingerprint density at radius 1 is 1.29 bits per heavy atom. The molecule has 126 valence electrons. The third kappa shape index (κ3) is 3.62. The molecule has 0 aliphatic carbocycles. The van der Waals surface area contributed by atoms with Crippen LogP contribution in [0.1, 0.15) is 19.8 Å². The number of hydrogen-bond donors (Lipinski definition) is 1. The standard InChI is InChI=1S/C17H20N4O2S/c1-12(22)21-10-3-4-15(21)16(23)19-13-5-7-14(8-6-13)24-17-18-9-11-20(17)2/h5-9,11,15H,3-4,10H2,1-2H3,(H,19,23)/t15-/m0/s1. The topological polar surface area (TPSA) is 67.2 Å². The minimum atomic E-state index is -0.357. The van der Waals surface area contributed by atoms with Gasteiger partial charge in [0.05, 0.1) is 0 Å². The average Bonchev–Trinajstić information content (AvgIpc) is 3.19. The van der Waals surface area contributed by atoms with E-state index in [1.54, 1.807) is 22.9 Å². The van der Waals surface area contributed by atoms with Gasteiger partial charge < -0.3 is 14.8 Å². The lowest BCUT2D eigenvalue weighted by Gasteiger charge is -2.22. The number of aromatic nitrogens is 2. The van der Waals surface area contributed by atoms with E-state index in [1.165, 1.54) is 6.92 Å². The molecule has 2 heterocycles. The van der Waals surface area contributed by atoms with E-state index in [0.717, 1.165) is 28.6 Å². The van der Waals surface area contributed by atoms with Gasteiger partial charge in [0, 0.05) is 43.5 Å². The smallest absolute Gasteiger partial charge is 0.247 e. The fourth-order valence-electron chi connectivity index (χ4n) is 2.80. The van der Waals surface area contributed by atoms with Crippen LogP contribution in [0.5, 0.6) is 0 Å². The van der Waals surface area contributed by atoms with E-state index >= 15 is 0 Å². The van der Waals surface area contributed by atoms with Crippen LogP contribution >= 0.6 is 11.8 Å². The van der Waals surface area contributed by atoms with Crippen molar-refractivity contribution in [2.45, 2.75) is 35.9 Å². The highest BCUT2D eigenvalue weighted by atomic mass is 32.2. The maximum Gasteiger partial charge on any atom is 0.247 e. The van der Waals surface area contributed by atoms with Gasteiger partial charge in [0.25, 0.3) is 0 Å². The van der Waals surface area contributed by atoms with E-state index < -0.39 is 0 Å². The van der Waals surface area contributed by atoms with Crippen LogP contribution in [0, 0.1) is 0 Å². The van der Waals surface area contributed by atoms with Crippen LogP contribution in [0.2, 0.25) is 0 Å². The third-order valence-electron chi connectivity index (χ3n) is 4.07. The van der Waals surface area contributed by atoms with E-state index in [-0.39, 0.29) is 17.9 Å². The van der Waals surface area contributed by atoms with Gasteiger partial charge in [-0.05, 0) is 37.1 Å². The molecule has 2 aromatic rings. The molecule has 1 atom stereocenters. The highest BCUT2D eigenvalue weighted by Crippen LogP contribution is 2.27. The van der Waals surface area contributed by atoms with Crippen molar-refractivity contribution in [2.75, 3.05) is 11.9 Å². The van der Waals surface area contributed by atoms with Gasteiger partial charge in [0.1, 0.15) is 6.04 Å². The average molecular weight is 344 g/mol. The number of nitrogens with one attached hydrogen (secondary N) is 1. The molecule has 24 heavy (non-hydrogen) atoms. The first-order chi connectivity index (χ1) is 11.5. The summed E-state index contributed by atoms with van der Waals surface area (Å²) in [5.74, 6) is -0.165. The second-order valence-electron chi connectivity index (χ2n) is 5.81. The molecule has 2 amide bonds. The van der Waals surface area contributed by atoms with Gasteiger partial charge in [-0.25, -0.2) is 4.98 Å². The lowest BCUT2D eigenvalue weighted by molar-refractivity contribution is -0.134. The zero-order chi connectivity index (χ0) is 17.1. The maximum absolute atomic E-state index is 12.4. The van der Waals surface area contributed by atoms with Crippen molar-refractivity contribution in [3.63, 3.8) is 0 Å². The Kier molecular flexibility index (Phi) is 4.89. The van der Waals surface area contributed by atoms with Gasteiger partial charge in [-0.3, -0.25) is 9.59 Å². The van der Waals surface area contributed by atoms with Gasteiger partial charge in [0.2, 0.25) is 11.8 Å². The normalized spacial score (nSPS) is 17.1. The van der Waals surface area contributed by atoms with Crippen molar-refractivity contribution in [1.29, 1.82) is 0 Å². The molecule has 1 aromatic carbocycles. The van der Waals surface area contributed by atoms with E-state index in [0.29, 0.717) is 6.54 Å². The number of nitrogens with zero attached hydrogens (tertiary/aromatic N) is 3. The van der Waals surface area contributed by atoms with Crippen molar-refractivity contribution in [1.82, 2.24) is 14.5 Å². The van der Waals surface area contributed by atoms with Crippen LogP contribution in [-0.2, 0) is 16.6 Å². The quantitative estimate of drug-likeness (QED) is 0.925. The summed E-state index contributed by atoms with van der Waals surface area (Å²) < 4.78 is 1.96. The minimum absolute atomic E-state index is 0.0468. The molecule has 1 saturated heterocycles. The van der Waals surface area contributed by atoms with Crippen LogP contribution < -0.4 is 5.32 Å². The summed E-state index contributed by atoms with van der Waals surface area (Å²) in [6, 6.07) is 7.29. The van der Waals surface area contributed by atoms with Gasteiger partial charge in [-0.15, -0.1) is 0 Å². The van der Waals surface area contributed by atoms with Crippen molar-refractivity contribution in [3.05, 3.63) is 36.7 Å². The van der Waals surface area contributed by atoms with E-state index in [2.05, 4.69) is 10.3 Å². The second-order valence-corrected chi connectivity index (χ2v) is 6.85. The Hall–Kier alpha value is -2.28. The number of carbonyl (C=O) groups excluding carboxylic acids is 2. The maximum atomic E-state index is 12.4. The molecular formula is C17H20N4O2S. The second kappa shape index (κ2) is 7.09. The number of anilines is 1. The molecule has 1 fully saturated rings. The number of rotatable bonds is 4. The Morgan fingerprint density at radius 2 is 2.04 bits per heavy atom. The Labute approximate surface area is 145 Å². The minimum Gasteiger partial charge on any atom is -0.331 e. The van der Waals surface area contributed by atoms with Gasteiger partial charge in [-0.2, -0.15) is 0 Å². The molecule has 0 bridgehead atoms. The fourth-order valence-corrected chi connectivity index (χ4v) is 3.61. The zero-order valence-corrected chi connectivity index (χ0v) is 14.5. The molecule has 0 saturated carbocycles. The lowest BCUT2D eigenvalue weighted by atomic mass is 10.2. The fraction of sp³-hybridized carbons (Fsp3) is 0.353.